The average Bonchev–Trinajstić information content (AvgIpc) is 2.32. The van der Waals surface area contributed by atoms with E-state index in [2.05, 4.69) is 42.1 Å². The second-order valence-corrected chi connectivity index (χ2v) is 4.20. The third kappa shape index (κ3) is 3.42. The van der Waals surface area contributed by atoms with E-state index >= 15 is 0 Å². The van der Waals surface area contributed by atoms with Crippen molar-refractivity contribution in [2.75, 3.05) is 0 Å². The van der Waals surface area contributed by atoms with Gasteiger partial charge in [-0.05, 0) is 49.3 Å². The van der Waals surface area contributed by atoms with Gasteiger partial charge in [0.05, 0.1) is 0 Å². The lowest BCUT2D eigenvalue weighted by atomic mass is 9.95. The second kappa shape index (κ2) is 5.58. The molecule has 0 bridgehead atoms. The summed E-state index contributed by atoms with van der Waals surface area (Å²) in [5, 5.41) is 0. The molecule has 0 nitrogen and oxygen atoms in total. The molecule has 1 aliphatic rings. The Morgan fingerprint density at radius 3 is 2.47 bits per heavy atom. The molecular formula is C15H18. The van der Waals surface area contributed by atoms with Crippen LogP contribution in [0, 0.1) is 0 Å². The average molecular weight is 198 g/mol. The SMILES string of the molecule is C(=CCc1ccccc1)=C1CCCCC1. The minimum absolute atomic E-state index is 1.02. The Labute approximate surface area is 92.3 Å². The molecule has 0 saturated heterocycles. The molecule has 0 amide bonds. The quantitative estimate of drug-likeness (QED) is 0.622. The molecule has 1 saturated carbocycles. The van der Waals surface area contributed by atoms with Crippen molar-refractivity contribution >= 4 is 0 Å². The molecule has 0 aliphatic heterocycles. The molecule has 1 fully saturated rings. The van der Waals surface area contributed by atoms with Gasteiger partial charge < -0.3 is 0 Å². The maximum Gasteiger partial charge on any atom is -0.00213 e. The lowest BCUT2D eigenvalue weighted by Crippen LogP contribution is -1.91. The lowest BCUT2D eigenvalue weighted by Gasteiger charge is -2.10. The number of allylic oxidation sites excluding steroid dienone is 1. The monoisotopic (exact) mass is 198 g/mol. The molecule has 0 spiro atoms. The molecule has 1 aliphatic carbocycles. The van der Waals surface area contributed by atoms with E-state index in [-0.39, 0.29) is 0 Å². The first-order valence-corrected chi connectivity index (χ1v) is 5.92. The van der Waals surface area contributed by atoms with Crippen molar-refractivity contribution in [3.8, 4) is 0 Å². The fourth-order valence-corrected chi connectivity index (χ4v) is 2.05. The zero-order chi connectivity index (χ0) is 10.3. The molecule has 0 atom stereocenters. The Bertz CT molecular complexity index is 345. The van der Waals surface area contributed by atoms with Gasteiger partial charge in [0.1, 0.15) is 0 Å². The summed E-state index contributed by atoms with van der Waals surface area (Å²) in [5.41, 5.74) is 6.36. The summed E-state index contributed by atoms with van der Waals surface area (Å²) in [6.45, 7) is 0. The molecule has 0 N–H and O–H groups in total. The summed E-state index contributed by atoms with van der Waals surface area (Å²) in [5.74, 6) is 0. The molecule has 1 aromatic rings. The van der Waals surface area contributed by atoms with Gasteiger partial charge in [-0.3, -0.25) is 0 Å². The third-order valence-corrected chi connectivity index (χ3v) is 2.94. The van der Waals surface area contributed by atoms with Crippen molar-refractivity contribution in [3.05, 3.63) is 53.3 Å². The van der Waals surface area contributed by atoms with E-state index in [4.69, 9.17) is 0 Å². The van der Waals surface area contributed by atoms with Crippen LogP contribution in [-0.4, -0.2) is 0 Å². The summed E-state index contributed by atoms with van der Waals surface area (Å²) >= 11 is 0. The van der Waals surface area contributed by atoms with Crippen LogP contribution in [0.2, 0.25) is 0 Å². The van der Waals surface area contributed by atoms with Gasteiger partial charge in [-0.2, -0.15) is 0 Å². The standard InChI is InChI=1S/C15H18/c1-3-8-14(9-4-1)12-7-13-15-10-5-2-6-11-15/h1,3-4,7-9H,2,5-6,10-12H2. The summed E-state index contributed by atoms with van der Waals surface area (Å²) in [6.07, 6.45) is 9.88. The van der Waals surface area contributed by atoms with Gasteiger partial charge in [0.15, 0.2) is 0 Å². The highest BCUT2D eigenvalue weighted by Gasteiger charge is 2.02. The van der Waals surface area contributed by atoms with E-state index < -0.39 is 0 Å². The molecule has 0 heteroatoms. The van der Waals surface area contributed by atoms with Gasteiger partial charge >= 0.3 is 0 Å². The van der Waals surface area contributed by atoms with E-state index in [1.54, 1.807) is 0 Å². The zero-order valence-electron chi connectivity index (χ0n) is 9.21. The molecule has 2 rings (SSSR count). The van der Waals surface area contributed by atoms with Crippen LogP contribution in [0.25, 0.3) is 0 Å². The van der Waals surface area contributed by atoms with Crippen LogP contribution in [0.5, 0.6) is 0 Å². The van der Waals surface area contributed by atoms with Crippen LogP contribution in [0.15, 0.2) is 47.7 Å². The normalized spacial score (nSPS) is 15.9. The number of hydrogen-bond donors (Lipinski definition) is 0. The highest BCUT2D eigenvalue weighted by molar-refractivity contribution is 5.18. The molecule has 15 heavy (non-hydrogen) atoms. The Balaban J connectivity index is 1.94. The Hall–Kier alpha value is -1.26. The van der Waals surface area contributed by atoms with E-state index in [9.17, 15) is 0 Å². The highest BCUT2D eigenvalue weighted by Crippen LogP contribution is 2.21. The summed E-state index contributed by atoms with van der Waals surface area (Å²) in [4.78, 5) is 0. The molecular weight excluding hydrogens is 180 g/mol. The van der Waals surface area contributed by atoms with E-state index in [1.165, 1.54) is 43.2 Å². The van der Waals surface area contributed by atoms with Crippen molar-refractivity contribution in [2.24, 2.45) is 0 Å². The molecule has 0 aromatic heterocycles. The molecule has 1 aromatic carbocycles. The maximum absolute atomic E-state index is 3.46. The first-order valence-electron chi connectivity index (χ1n) is 5.92. The second-order valence-electron chi connectivity index (χ2n) is 4.20. The minimum atomic E-state index is 1.02. The Morgan fingerprint density at radius 2 is 1.73 bits per heavy atom. The summed E-state index contributed by atoms with van der Waals surface area (Å²) in [7, 11) is 0. The maximum atomic E-state index is 3.46. The van der Waals surface area contributed by atoms with E-state index in [1.807, 2.05) is 0 Å². The van der Waals surface area contributed by atoms with Gasteiger partial charge in [-0.1, -0.05) is 36.8 Å². The number of rotatable bonds is 2. The van der Waals surface area contributed by atoms with Crippen LogP contribution in [-0.2, 0) is 6.42 Å². The largest absolute Gasteiger partial charge is 0.126 e. The van der Waals surface area contributed by atoms with Crippen molar-refractivity contribution in [1.82, 2.24) is 0 Å². The third-order valence-electron chi connectivity index (χ3n) is 2.94. The first kappa shape index (κ1) is 10.3. The summed E-state index contributed by atoms with van der Waals surface area (Å²) < 4.78 is 0. The molecule has 78 valence electrons. The lowest BCUT2D eigenvalue weighted by molar-refractivity contribution is 0.600. The fraction of sp³-hybridized carbons (Fsp3) is 0.400. The van der Waals surface area contributed by atoms with Crippen LogP contribution >= 0.6 is 0 Å². The van der Waals surface area contributed by atoms with Gasteiger partial charge in [0.2, 0.25) is 0 Å². The predicted molar refractivity (Wildman–Crippen MR) is 64.8 cm³/mol. The Kier molecular flexibility index (Phi) is 3.82. The van der Waals surface area contributed by atoms with E-state index in [0.717, 1.165) is 6.42 Å². The van der Waals surface area contributed by atoms with Gasteiger partial charge in [-0.25, -0.2) is 0 Å². The highest BCUT2D eigenvalue weighted by atomic mass is 14.1. The molecule has 0 unspecified atom stereocenters. The van der Waals surface area contributed by atoms with E-state index in [0.29, 0.717) is 0 Å². The van der Waals surface area contributed by atoms with Gasteiger partial charge in [-0.15, -0.1) is 5.73 Å². The van der Waals surface area contributed by atoms with Crippen molar-refractivity contribution in [3.63, 3.8) is 0 Å². The molecule has 0 heterocycles. The van der Waals surface area contributed by atoms with Crippen LogP contribution in [0.3, 0.4) is 0 Å². The van der Waals surface area contributed by atoms with Crippen molar-refractivity contribution < 1.29 is 0 Å². The van der Waals surface area contributed by atoms with Crippen molar-refractivity contribution in [2.45, 2.75) is 38.5 Å². The Morgan fingerprint density at radius 1 is 1.00 bits per heavy atom. The van der Waals surface area contributed by atoms with Gasteiger partial charge in [0.25, 0.3) is 0 Å². The first-order chi connectivity index (χ1) is 7.45. The predicted octanol–water partition coefficient (Wildman–Crippen LogP) is 4.27. The zero-order valence-corrected chi connectivity index (χ0v) is 9.21. The van der Waals surface area contributed by atoms with Gasteiger partial charge in [0, 0.05) is 0 Å². The molecule has 0 radical (unpaired) electrons. The van der Waals surface area contributed by atoms with Crippen LogP contribution < -0.4 is 0 Å². The van der Waals surface area contributed by atoms with Crippen LogP contribution in [0.4, 0.5) is 0 Å². The van der Waals surface area contributed by atoms with Crippen LogP contribution in [0.1, 0.15) is 37.7 Å². The topological polar surface area (TPSA) is 0 Å². The minimum Gasteiger partial charge on any atom is -0.126 e. The number of hydrogen-bond acceptors (Lipinski definition) is 0. The van der Waals surface area contributed by atoms with Crippen molar-refractivity contribution in [1.29, 1.82) is 0 Å². The smallest absolute Gasteiger partial charge is 0.00213 e. The summed E-state index contributed by atoms with van der Waals surface area (Å²) in [6, 6.07) is 10.6. The fourth-order valence-electron chi connectivity index (χ4n) is 2.05. The number of benzene rings is 1.